The Balaban J connectivity index is 2.74. The Labute approximate surface area is 131 Å². The predicted molar refractivity (Wildman–Crippen MR) is 80.5 cm³/mol. The molecular formula is C15H16F2N2O2S. The first kappa shape index (κ1) is 18.1. The molecule has 1 rings (SSSR count). The number of nitriles is 1. The van der Waals surface area contributed by atoms with Crippen LogP contribution in [0.25, 0.3) is 0 Å². The van der Waals surface area contributed by atoms with E-state index in [0.717, 1.165) is 0 Å². The number of anilines is 1. The van der Waals surface area contributed by atoms with Crippen molar-refractivity contribution in [3.8, 4) is 6.07 Å². The van der Waals surface area contributed by atoms with Gasteiger partial charge in [-0.3, -0.25) is 9.59 Å². The van der Waals surface area contributed by atoms with Crippen molar-refractivity contribution in [2.75, 3.05) is 5.32 Å². The molecule has 118 valence electrons. The van der Waals surface area contributed by atoms with E-state index in [4.69, 9.17) is 5.26 Å². The maximum Gasteiger partial charge on any atom is 0.288 e. The summed E-state index contributed by atoms with van der Waals surface area (Å²) in [6, 6.07) is 7.48. The number of nitrogens with zero attached hydrogens (tertiary/aromatic N) is 1. The molecule has 0 unspecified atom stereocenters. The van der Waals surface area contributed by atoms with Crippen molar-refractivity contribution in [1.82, 2.24) is 0 Å². The number of benzene rings is 1. The first-order valence-corrected chi connectivity index (χ1v) is 7.56. The summed E-state index contributed by atoms with van der Waals surface area (Å²) in [7, 11) is 0. The molecule has 1 aromatic rings. The predicted octanol–water partition coefficient (Wildman–Crippen LogP) is 3.69. The van der Waals surface area contributed by atoms with Gasteiger partial charge in [0.25, 0.3) is 5.76 Å². The fraction of sp³-hybridized carbons (Fsp3) is 0.400. The molecule has 0 aromatic heterocycles. The van der Waals surface area contributed by atoms with Crippen LogP contribution in [0.15, 0.2) is 29.2 Å². The highest BCUT2D eigenvalue weighted by Crippen LogP contribution is 2.26. The molecule has 2 atom stereocenters. The van der Waals surface area contributed by atoms with Crippen LogP contribution in [-0.4, -0.2) is 17.4 Å². The standard InChI is InChI=1S/C15H16F2N2O2S/c1-3-9(2)13(20)12(8-18)14(21)19-10-4-6-11(7-5-10)22-15(16)17/h4-7,9,12,15H,3H2,1-2H3,(H,19,21)/t9-,12-/m0/s1. The van der Waals surface area contributed by atoms with Crippen molar-refractivity contribution in [3.05, 3.63) is 24.3 Å². The lowest BCUT2D eigenvalue weighted by Crippen LogP contribution is -2.31. The number of ketones is 1. The van der Waals surface area contributed by atoms with Gasteiger partial charge in [-0.25, -0.2) is 0 Å². The minimum atomic E-state index is -2.52. The van der Waals surface area contributed by atoms with Crippen LogP contribution in [0, 0.1) is 23.2 Å². The summed E-state index contributed by atoms with van der Waals surface area (Å²) >= 11 is 0.396. The molecule has 1 N–H and O–H groups in total. The average molecular weight is 326 g/mol. The normalized spacial score (nSPS) is 13.3. The van der Waals surface area contributed by atoms with Crippen molar-refractivity contribution in [2.24, 2.45) is 11.8 Å². The zero-order chi connectivity index (χ0) is 16.7. The van der Waals surface area contributed by atoms with Gasteiger partial charge in [0.05, 0.1) is 6.07 Å². The highest BCUT2D eigenvalue weighted by Gasteiger charge is 2.29. The summed E-state index contributed by atoms with van der Waals surface area (Å²) in [4.78, 5) is 24.3. The van der Waals surface area contributed by atoms with Crippen molar-refractivity contribution in [2.45, 2.75) is 30.9 Å². The number of rotatable bonds is 7. The minimum Gasteiger partial charge on any atom is -0.325 e. The Morgan fingerprint density at radius 3 is 2.36 bits per heavy atom. The van der Waals surface area contributed by atoms with E-state index in [-0.39, 0.29) is 5.92 Å². The van der Waals surface area contributed by atoms with Crippen LogP contribution >= 0.6 is 11.8 Å². The Bertz CT molecular complexity index is 570. The molecule has 0 radical (unpaired) electrons. The third-order valence-corrected chi connectivity index (χ3v) is 3.84. The summed E-state index contributed by atoms with van der Waals surface area (Å²) in [5, 5.41) is 11.5. The fourth-order valence-corrected chi connectivity index (χ4v) is 2.17. The van der Waals surface area contributed by atoms with E-state index in [0.29, 0.717) is 28.8 Å². The second-order valence-electron chi connectivity index (χ2n) is 4.67. The van der Waals surface area contributed by atoms with E-state index in [1.54, 1.807) is 19.9 Å². The summed E-state index contributed by atoms with van der Waals surface area (Å²) < 4.78 is 24.4. The van der Waals surface area contributed by atoms with E-state index in [1.807, 2.05) is 0 Å². The summed E-state index contributed by atoms with van der Waals surface area (Å²) in [6.07, 6.45) is 0.545. The SMILES string of the molecule is CC[C@H](C)C(=O)[C@H](C#N)C(=O)Nc1ccc(SC(F)F)cc1. The van der Waals surface area contributed by atoms with Crippen molar-refractivity contribution < 1.29 is 18.4 Å². The number of carbonyl (C=O) groups excluding carboxylic acids is 2. The van der Waals surface area contributed by atoms with Crippen molar-refractivity contribution in [3.63, 3.8) is 0 Å². The third kappa shape index (κ3) is 5.11. The van der Waals surface area contributed by atoms with Crippen LogP contribution in [-0.2, 0) is 9.59 Å². The van der Waals surface area contributed by atoms with Crippen molar-refractivity contribution in [1.29, 1.82) is 5.26 Å². The van der Waals surface area contributed by atoms with Crippen LogP contribution in [0.5, 0.6) is 0 Å². The van der Waals surface area contributed by atoms with Gasteiger partial charge in [0.15, 0.2) is 11.7 Å². The smallest absolute Gasteiger partial charge is 0.288 e. The molecule has 7 heteroatoms. The van der Waals surface area contributed by atoms with Gasteiger partial charge in [-0.1, -0.05) is 25.6 Å². The minimum absolute atomic E-state index is 0.348. The Morgan fingerprint density at radius 1 is 1.32 bits per heavy atom. The molecule has 0 spiro atoms. The Hall–Kier alpha value is -1.94. The number of hydrogen-bond donors (Lipinski definition) is 1. The second-order valence-corrected chi connectivity index (χ2v) is 5.73. The fourth-order valence-electron chi connectivity index (χ4n) is 1.67. The van der Waals surface area contributed by atoms with E-state index in [1.165, 1.54) is 24.3 Å². The highest BCUT2D eigenvalue weighted by molar-refractivity contribution is 7.99. The zero-order valence-electron chi connectivity index (χ0n) is 12.2. The van der Waals surface area contributed by atoms with Gasteiger partial charge in [0.2, 0.25) is 5.91 Å². The van der Waals surface area contributed by atoms with Gasteiger partial charge in [0, 0.05) is 16.5 Å². The van der Waals surface area contributed by atoms with Crippen molar-refractivity contribution >= 4 is 29.1 Å². The number of halogens is 2. The van der Waals surface area contributed by atoms with Crippen LogP contribution in [0.4, 0.5) is 14.5 Å². The maximum absolute atomic E-state index is 12.2. The van der Waals surface area contributed by atoms with Gasteiger partial charge in [-0.2, -0.15) is 14.0 Å². The summed E-state index contributed by atoms with van der Waals surface area (Å²) in [6.45, 7) is 3.46. The molecule has 1 amide bonds. The van der Waals surface area contributed by atoms with Crippen LogP contribution < -0.4 is 5.32 Å². The quantitative estimate of drug-likeness (QED) is 0.613. The van der Waals surface area contributed by atoms with E-state index >= 15 is 0 Å². The molecule has 0 saturated heterocycles. The number of thioether (sulfide) groups is 1. The maximum atomic E-state index is 12.2. The molecule has 0 aliphatic heterocycles. The molecular weight excluding hydrogens is 310 g/mol. The topological polar surface area (TPSA) is 70.0 Å². The first-order valence-electron chi connectivity index (χ1n) is 6.68. The lowest BCUT2D eigenvalue weighted by atomic mass is 9.92. The molecule has 1 aromatic carbocycles. The van der Waals surface area contributed by atoms with E-state index in [2.05, 4.69) is 5.32 Å². The molecule has 22 heavy (non-hydrogen) atoms. The summed E-state index contributed by atoms with van der Waals surface area (Å²) in [5.41, 5.74) is 0.348. The lowest BCUT2D eigenvalue weighted by Gasteiger charge is -2.13. The molecule has 0 fully saturated rings. The number of alkyl halides is 2. The lowest BCUT2D eigenvalue weighted by molar-refractivity contribution is -0.131. The van der Waals surface area contributed by atoms with E-state index < -0.39 is 23.4 Å². The average Bonchev–Trinajstić information content (AvgIpc) is 2.48. The van der Waals surface area contributed by atoms with Crippen LogP contribution in [0.3, 0.4) is 0 Å². The molecule has 0 saturated carbocycles. The van der Waals surface area contributed by atoms with Gasteiger partial charge < -0.3 is 5.32 Å². The number of Topliss-reactive ketones (excluding diaryl/α,β-unsaturated/α-hetero) is 1. The highest BCUT2D eigenvalue weighted by atomic mass is 32.2. The number of hydrogen-bond acceptors (Lipinski definition) is 4. The third-order valence-electron chi connectivity index (χ3n) is 3.12. The molecule has 0 aliphatic rings. The van der Waals surface area contributed by atoms with E-state index in [9.17, 15) is 18.4 Å². The summed E-state index contributed by atoms with van der Waals surface area (Å²) in [5.74, 6) is -5.39. The molecule has 0 bridgehead atoms. The largest absolute Gasteiger partial charge is 0.325 e. The van der Waals surface area contributed by atoms with Gasteiger partial charge in [0.1, 0.15) is 0 Å². The monoisotopic (exact) mass is 326 g/mol. The van der Waals surface area contributed by atoms with Gasteiger partial charge >= 0.3 is 0 Å². The van der Waals surface area contributed by atoms with Crippen LogP contribution in [0.2, 0.25) is 0 Å². The Kier molecular flexibility index (Phi) is 6.99. The molecule has 0 heterocycles. The Morgan fingerprint density at radius 2 is 1.91 bits per heavy atom. The molecule has 0 aliphatic carbocycles. The number of carbonyl (C=O) groups is 2. The number of amides is 1. The second kappa shape index (κ2) is 8.49. The molecule has 4 nitrogen and oxygen atoms in total. The van der Waals surface area contributed by atoms with Gasteiger partial charge in [-0.05, 0) is 30.7 Å². The number of nitrogens with one attached hydrogen (secondary N) is 1. The van der Waals surface area contributed by atoms with Gasteiger partial charge in [-0.15, -0.1) is 0 Å². The zero-order valence-corrected chi connectivity index (χ0v) is 13.0. The first-order chi connectivity index (χ1) is 10.4. The van der Waals surface area contributed by atoms with Crippen LogP contribution in [0.1, 0.15) is 20.3 Å².